The van der Waals surface area contributed by atoms with Crippen LogP contribution in [-0.2, 0) is 0 Å². The van der Waals surface area contributed by atoms with E-state index in [1.54, 1.807) is 6.92 Å². The van der Waals surface area contributed by atoms with Crippen molar-refractivity contribution in [3.8, 4) is 0 Å². The Balaban J connectivity index is 2.14. The van der Waals surface area contributed by atoms with Gasteiger partial charge in [-0.3, -0.25) is 14.5 Å². The van der Waals surface area contributed by atoms with Crippen LogP contribution in [0.3, 0.4) is 0 Å². The first kappa shape index (κ1) is 16.0. The maximum atomic E-state index is 12.6. The second-order valence-electron chi connectivity index (χ2n) is 6.74. The van der Waals surface area contributed by atoms with Crippen molar-refractivity contribution in [3.05, 3.63) is 22.5 Å². The number of Topliss-reactive ketones (excluding diaryl/α,β-unsaturated/α-hetero) is 2. The van der Waals surface area contributed by atoms with Gasteiger partial charge in [-0.05, 0) is 44.6 Å². The summed E-state index contributed by atoms with van der Waals surface area (Å²) in [4.78, 5) is 29.6. The van der Waals surface area contributed by atoms with Gasteiger partial charge in [0.05, 0.1) is 12.2 Å². The lowest BCUT2D eigenvalue weighted by molar-refractivity contribution is 0.0844. The van der Waals surface area contributed by atoms with Crippen LogP contribution in [0.5, 0.6) is 0 Å². The molecule has 1 N–H and O–H groups in total. The number of nitrogens with one attached hydrogen (secondary N) is 1. The zero-order valence-corrected chi connectivity index (χ0v) is 13.7. The number of carbonyl (C=O) groups is 2. The third-order valence-corrected chi connectivity index (χ3v) is 4.38. The number of aromatic nitrogens is 1. The molecule has 4 nitrogen and oxygen atoms in total. The molecular formula is C17H26N2O2. The predicted octanol–water partition coefficient (Wildman–Crippen LogP) is 2.99. The summed E-state index contributed by atoms with van der Waals surface area (Å²) in [6, 6.07) is 0. The Hall–Kier alpha value is -1.42. The number of hydrogen-bond donors (Lipinski definition) is 1. The van der Waals surface area contributed by atoms with E-state index in [9.17, 15) is 9.59 Å². The summed E-state index contributed by atoms with van der Waals surface area (Å²) in [5, 5.41) is 0. The SMILES string of the molecule is CC(=O)c1c(C)[nH]c(C(=O)CN2C[C@H](C)C[C@@H](C)C2)c1C. The van der Waals surface area contributed by atoms with Crippen molar-refractivity contribution < 1.29 is 9.59 Å². The van der Waals surface area contributed by atoms with E-state index in [0.29, 0.717) is 29.6 Å². The van der Waals surface area contributed by atoms with Crippen molar-refractivity contribution >= 4 is 11.6 Å². The van der Waals surface area contributed by atoms with Crippen LogP contribution in [0.15, 0.2) is 0 Å². The minimum absolute atomic E-state index is 0.0144. The third-order valence-electron chi connectivity index (χ3n) is 4.38. The molecule has 0 aliphatic carbocycles. The van der Waals surface area contributed by atoms with Crippen molar-refractivity contribution in [1.82, 2.24) is 9.88 Å². The maximum absolute atomic E-state index is 12.6. The van der Waals surface area contributed by atoms with Crippen molar-refractivity contribution in [3.63, 3.8) is 0 Å². The average molecular weight is 290 g/mol. The fourth-order valence-corrected chi connectivity index (χ4v) is 3.76. The summed E-state index contributed by atoms with van der Waals surface area (Å²) >= 11 is 0. The highest BCUT2D eigenvalue weighted by molar-refractivity contribution is 6.03. The standard InChI is InChI=1S/C17H26N2O2/c1-10-6-11(2)8-19(7-10)9-15(21)17-12(3)16(14(5)20)13(4)18-17/h10-11,18H,6-9H2,1-5H3/t10-,11-/m1/s1. The molecule has 0 amide bonds. The molecule has 2 atom stereocenters. The normalized spacial score (nSPS) is 23.3. The van der Waals surface area contributed by atoms with Crippen LogP contribution < -0.4 is 0 Å². The zero-order chi connectivity index (χ0) is 15.7. The largest absolute Gasteiger partial charge is 0.355 e. The highest BCUT2D eigenvalue weighted by Crippen LogP contribution is 2.23. The second-order valence-corrected chi connectivity index (χ2v) is 6.74. The van der Waals surface area contributed by atoms with E-state index in [2.05, 4.69) is 23.7 Å². The molecule has 1 saturated heterocycles. The zero-order valence-electron chi connectivity index (χ0n) is 13.7. The molecule has 21 heavy (non-hydrogen) atoms. The summed E-state index contributed by atoms with van der Waals surface area (Å²) in [5.74, 6) is 1.38. The van der Waals surface area contributed by atoms with E-state index < -0.39 is 0 Å². The fraction of sp³-hybridized carbons (Fsp3) is 0.647. The molecule has 0 unspecified atom stereocenters. The molecule has 1 aromatic heterocycles. The summed E-state index contributed by atoms with van der Waals surface area (Å²) < 4.78 is 0. The third kappa shape index (κ3) is 3.43. The lowest BCUT2D eigenvalue weighted by Gasteiger charge is -2.34. The van der Waals surface area contributed by atoms with Crippen LogP contribution in [0.1, 0.15) is 59.3 Å². The van der Waals surface area contributed by atoms with Gasteiger partial charge in [-0.25, -0.2) is 0 Å². The average Bonchev–Trinajstić information content (AvgIpc) is 2.63. The minimum Gasteiger partial charge on any atom is -0.355 e. The van der Waals surface area contributed by atoms with Crippen LogP contribution in [-0.4, -0.2) is 41.1 Å². The predicted molar refractivity (Wildman–Crippen MR) is 84.0 cm³/mol. The first-order chi connectivity index (χ1) is 9.79. The van der Waals surface area contributed by atoms with Crippen molar-refractivity contribution in [2.24, 2.45) is 11.8 Å². The van der Waals surface area contributed by atoms with Gasteiger partial charge in [-0.15, -0.1) is 0 Å². The number of rotatable bonds is 4. The smallest absolute Gasteiger partial charge is 0.193 e. The highest BCUT2D eigenvalue weighted by Gasteiger charge is 2.26. The number of H-pyrrole nitrogens is 1. The van der Waals surface area contributed by atoms with Gasteiger partial charge in [0, 0.05) is 24.3 Å². The highest BCUT2D eigenvalue weighted by atomic mass is 16.1. The monoisotopic (exact) mass is 290 g/mol. The molecule has 0 spiro atoms. The molecule has 116 valence electrons. The number of ketones is 2. The molecule has 0 bridgehead atoms. The van der Waals surface area contributed by atoms with Crippen LogP contribution in [0, 0.1) is 25.7 Å². The fourth-order valence-electron chi connectivity index (χ4n) is 3.76. The van der Waals surface area contributed by atoms with E-state index in [0.717, 1.165) is 24.3 Å². The first-order valence-corrected chi connectivity index (χ1v) is 7.75. The van der Waals surface area contributed by atoms with E-state index in [1.807, 2.05) is 13.8 Å². The van der Waals surface area contributed by atoms with Gasteiger partial charge < -0.3 is 4.98 Å². The Kier molecular flexibility index (Phi) is 4.67. The van der Waals surface area contributed by atoms with Crippen LogP contribution in [0.2, 0.25) is 0 Å². The first-order valence-electron chi connectivity index (χ1n) is 7.75. The molecule has 4 heteroatoms. The van der Waals surface area contributed by atoms with Crippen molar-refractivity contribution in [1.29, 1.82) is 0 Å². The minimum atomic E-state index is 0.0144. The topological polar surface area (TPSA) is 53.2 Å². The van der Waals surface area contributed by atoms with Gasteiger partial charge in [0.2, 0.25) is 0 Å². The number of aromatic amines is 1. The maximum Gasteiger partial charge on any atom is 0.193 e. The van der Waals surface area contributed by atoms with Crippen molar-refractivity contribution in [2.45, 2.75) is 41.0 Å². The number of piperidine rings is 1. The molecule has 1 aliphatic rings. The Morgan fingerprint density at radius 3 is 2.24 bits per heavy atom. The molecule has 1 aliphatic heterocycles. The number of likely N-dealkylation sites (tertiary alicyclic amines) is 1. The molecule has 1 fully saturated rings. The van der Waals surface area contributed by atoms with Crippen LogP contribution in [0.4, 0.5) is 0 Å². The van der Waals surface area contributed by atoms with Gasteiger partial charge in [0.25, 0.3) is 0 Å². The summed E-state index contributed by atoms with van der Waals surface area (Å²) in [6.45, 7) is 12.1. The Bertz CT molecular complexity index is 549. The molecule has 2 heterocycles. The molecular weight excluding hydrogens is 264 g/mol. The summed E-state index contributed by atoms with van der Waals surface area (Å²) in [5.41, 5.74) is 2.86. The van der Waals surface area contributed by atoms with Gasteiger partial charge in [-0.2, -0.15) is 0 Å². The molecule has 0 saturated carbocycles. The summed E-state index contributed by atoms with van der Waals surface area (Å²) in [6.07, 6.45) is 1.24. The van der Waals surface area contributed by atoms with Crippen LogP contribution in [0.25, 0.3) is 0 Å². The van der Waals surface area contributed by atoms with E-state index >= 15 is 0 Å². The van der Waals surface area contributed by atoms with Crippen LogP contribution >= 0.6 is 0 Å². The van der Waals surface area contributed by atoms with Gasteiger partial charge in [0.1, 0.15) is 0 Å². The Labute approximate surface area is 126 Å². The lowest BCUT2D eigenvalue weighted by Crippen LogP contribution is -2.41. The summed E-state index contributed by atoms with van der Waals surface area (Å²) in [7, 11) is 0. The van der Waals surface area contributed by atoms with Gasteiger partial charge in [-0.1, -0.05) is 13.8 Å². The Morgan fingerprint density at radius 2 is 1.76 bits per heavy atom. The second kappa shape index (κ2) is 6.14. The number of aryl methyl sites for hydroxylation is 1. The molecule has 2 rings (SSSR count). The molecule has 1 aromatic rings. The molecule has 0 aromatic carbocycles. The van der Waals surface area contributed by atoms with E-state index in [1.165, 1.54) is 6.42 Å². The number of carbonyl (C=O) groups excluding carboxylic acids is 2. The lowest BCUT2D eigenvalue weighted by atomic mass is 9.91. The number of nitrogens with zero attached hydrogens (tertiary/aromatic N) is 1. The quantitative estimate of drug-likeness (QED) is 0.867. The Morgan fingerprint density at radius 1 is 1.19 bits per heavy atom. The van der Waals surface area contributed by atoms with Gasteiger partial charge >= 0.3 is 0 Å². The van der Waals surface area contributed by atoms with E-state index in [-0.39, 0.29) is 11.6 Å². The molecule has 0 radical (unpaired) electrons. The number of hydrogen-bond acceptors (Lipinski definition) is 3. The van der Waals surface area contributed by atoms with E-state index in [4.69, 9.17) is 0 Å². The van der Waals surface area contributed by atoms with Gasteiger partial charge in [0.15, 0.2) is 11.6 Å². The van der Waals surface area contributed by atoms with Crippen molar-refractivity contribution in [2.75, 3.05) is 19.6 Å².